The number of hydrogen-bond donors (Lipinski definition) is 2. The lowest BCUT2D eigenvalue weighted by atomic mass is 10.1. The van der Waals surface area contributed by atoms with Crippen molar-refractivity contribution in [1.29, 1.82) is 0 Å². The van der Waals surface area contributed by atoms with Gasteiger partial charge in [-0.25, -0.2) is 0 Å². The lowest BCUT2D eigenvalue weighted by Gasteiger charge is -2.18. The third-order valence-corrected chi connectivity index (χ3v) is 6.28. The average molecular weight is 445 g/mol. The van der Waals surface area contributed by atoms with Crippen molar-refractivity contribution in [2.24, 2.45) is 0 Å². The summed E-state index contributed by atoms with van der Waals surface area (Å²) in [6.45, 7) is 2.35. The van der Waals surface area contributed by atoms with Crippen LogP contribution < -0.4 is 16.6 Å². The van der Waals surface area contributed by atoms with Crippen molar-refractivity contribution in [3.63, 3.8) is 0 Å². The number of anilines is 2. The molecule has 162 valence electrons. The molecule has 0 aliphatic carbocycles. The van der Waals surface area contributed by atoms with Crippen molar-refractivity contribution in [3.8, 4) is 0 Å². The minimum atomic E-state index is -0.481. The number of nitrogens with two attached hydrogens (primary N) is 1. The number of nitrogens with one attached hydrogen (secondary N) is 1. The molecule has 0 saturated heterocycles. The number of carbonyl (C=O) groups is 1. The first-order valence-corrected chi connectivity index (χ1v) is 11.3. The molecule has 32 heavy (non-hydrogen) atoms. The molecular formula is C25H24N4O2S. The Bertz CT molecular complexity index is 1300. The minimum Gasteiger partial charge on any atom is -0.385 e. The van der Waals surface area contributed by atoms with Gasteiger partial charge in [0.25, 0.3) is 5.56 Å². The fourth-order valence-electron chi connectivity index (χ4n) is 3.48. The van der Waals surface area contributed by atoms with Crippen LogP contribution in [0.4, 0.5) is 11.5 Å². The summed E-state index contributed by atoms with van der Waals surface area (Å²) >= 11 is 1.23. The van der Waals surface area contributed by atoms with E-state index in [9.17, 15) is 9.59 Å². The zero-order valence-electron chi connectivity index (χ0n) is 17.7. The Hall–Kier alpha value is -3.58. The van der Waals surface area contributed by atoms with Gasteiger partial charge in [0.05, 0.1) is 5.25 Å². The van der Waals surface area contributed by atoms with Gasteiger partial charge in [-0.2, -0.15) is 4.98 Å². The zero-order valence-corrected chi connectivity index (χ0v) is 18.5. The number of amides is 1. The van der Waals surface area contributed by atoms with E-state index in [1.165, 1.54) is 17.8 Å². The minimum absolute atomic E-state index is 0.169. The van der Waals surface area contributed by atoms with E-state index in [4.69, 9.17) is 5.73 Å². The van der Waals surface area contributed by atoms with Crippen LogP contribution in [0.2, 0.25) is 0 Å². The second-order valence-corrected chi connectivity index (χ2v) is 8.77. The van der Waals surface area contributed by atoms with Crippen LogP contribution in [0.15, 0.2) is 88.8 Å². The van der Waals surface area contributed by atoms with E-state index in [1.54, 1.807) is 11.5 Å². The fourth-order valence-corrected chi connectivity index (χ4v) is 4.43. The molecule has 1 aromatic heterocycles. The van der Waals surface area contributed by atoms with Crippen molar-refractivity contribution < 1.29 is 4.79 Å². The van der Waals surface area contributed by atoms with Gasteiger partial charge in [-0.3, -0.25) is 9.59 Å². The van der Waals surface area contributed by atoms with Crippen LogP contribution in [0, 0.1) is 0 Å². The highest BCUT2D eigenvalue weighted by Crippen LogP contribution is 2.26. The van der Waals surface area contributed by atoms with E-state index in [-0.39, 0.29) is 5.91 Å². The number of benzene rings is 3. The number of aryl methyl sites for hydroxylation is 1. The summed E-state index contributed by atoms with van der Waals surface area (Å²) in [6.07, 6.45) is 0.736. The molecular weight excluding hydrogens is 420 g/mol. The van der Waals surface area contributed by atoms with Crippen LogP contribution in [0.3, 0.4) is 0 Å². The van der Waals surface area contributed by atoms with Crippen LogP contribution >= 0.6 is 11.8 Å². The number of fused-ring (bicyclic) bond motifs is 1. The molecule has 3 N–H and O–H groups in total. The normalized spacial score (nSPS) is 11.9. The van der Waals surface area contributed by atoms with Gasteiger partial charge < -0.3 is 15.6 Å². The zero-order chi connectivity index (χ0) is 22.5. The van der Waals surface area contributed by atoms with Crippen LogP contribution in [-0.2, 0) is 17.8 Å². The number of thioether (sulfide) groups is 1. The number of nitrogen functional groups attached to an aromatic ring is 1. The quantitative estimate of drug-likeness (QED) is 0.327. The standard InChI is InChI=1S/C25H24N4O2S/c1-17(24(31)27-21-13-7-11-19-10-5-6-12-20(19)21)32-25-28-23(30)16-22(26)29(25)15-14-18-8-3-2-4-9-18/h2-13,16-17H,14-15,26H2,1H3,(H,27,31)/t17-/m0/s1. The third kappa shape index (κ3) is 5.00. The molecule has 0 bridgehead atoms. The Morgan fingerprint density at radius 1 is 1.06 bits per heavy atom. The van der Waals surface area contributed by atoms with Gasteiger partial charge in [-0.05, 0) is 30.4 Å². The maximum absolute atomic E-state index is 12.9. The van der Waals surface area contributed by atoms with E-state index in [0.717, 1.165) is 28.4 Å². The van der Waals surface area contributed by atoms with Gasteiger partial charge in [0.15, 0.2) is 5.16 Å². The Morgan fingerprint density at radius 2 is 1.78 bits per heavy atom. The summed E-state index contributed by atoms with van der Waals surface area (Å²) in [4.78, 5) is 29.1. The van der Waals surface area contributed by atoms with Gasteiger partial charge in [0, 0.05) is 23.7 Å². The summed E-state index contributed by atoms with van der Waals surface area (Å²) in [5.41, 5.74) is 7.63. The number of nitrogens with zero attached hydrogens (tertiary/aromatic N) is 2. The Balaban J connectivity index is 1.52. The lowest BCUT2D eigenvalue weighted by Crippen LogP contribution is -2.25. The lowest BCUT2D eigenvalue weighted by molar-refractivity contribution is -0.115. The summed E-state index contributed by atoms with van der Waals surface area (Å²) in [5, 5.41) is 4.99. The topological polar surface area (TPSA) is 90.0 Å². The molecule has 1 amide bonds. The van der Waals surface area contributed by atoms with Crippen LogP contribution in [0.5, 0.6) is 0 Å². The molecule has 0 spiro atoms. The summed E-state index contributed by atoms with van der Waals surface area (Å²) < 4.78 is 1.79. The van der Waals surface area contributed by atoms with E-state index in [1.807, 2.05) is 72.8 Å². The molecule has 3 aromatic carbocycles. The molecule has 7 heteroatoms. The molecule has 0 unspecified atom stereocenters. The van der Waals surface area contributed by atoms with Gasteiger partial charge >= 0.3 is 0 Å². The Labute approximate surface area is 190 Å². The Kier molecular flexibility index (Phi) is 6.56. The largest absolute Gasteiger partial charge is 0.385 e. The summed E-state index contributed by atoms with van der Waals surface area (Å²) in [6, 6.07) is 25.0. The molecule has 0 saturated carbocycles. The molecule has 4 rings (SSSR count). The van der Waals surface area contributed by atoms with Gasteiger partial charge in [0.1, 0.15) is 5.82 Å². The molecule has 0 aliphatic rings. The molecule has 1 atom stereocenters. The fraction of sp³-hybridized carbons (Fsp3) is 0.160. The molecule has 0 aliphatic heterocycles. The highest BCUT2D eigenvalue weighted by atomic mass is 32.2. The monoisotopic (exact) mass is 444 g/mol. The first-order chi connectivity index (χ1) is 15.5. The maximum Gasteiger partial charge on any atom is 0.275 e. The SMILES string of the molecule is C[C@H](Sc1nc(=O)cc(N)n1CCc1ccccc1)C(=O)Nc1cccc2ccccc12. The predicted octanol–water partition coefficient (Wildman–Crippen LogP) is 4.34. The van der Waals surface area contributed by atoms with Gasteiger partial charge in [-0.1, -0.05) is 78.5 Å². The van der Waals surface area contributed by atoms with Crippen LogP contribution in [-0.4, -0.2) is 20.7 Å². The van der Waals surface area contributed by atoms with E-state index in [0.29, 0.717) is 17.5 Å². The van der Waals surface area contributed by atoms with Crippen LogP contribution in [0.25, 0.3) is 10.8 Å². The summed E-state index contributed by atoms with van der Waals surface area (Å²) in [7, 11) is 0. The second-order valence-electron chi connectivity index (χ2n) is 7.47. The van der Waals surface area contributed by atoms with E-state index in [2.05, 4.69) is 10.3 Å². The van der Waals surface area contributed by atoms with Gasteiger partial charge in [-0.15, -0.1) is 0 Å². The van der Waals surface area contributed by atoms with Crippen molar-refractivity contribution >= 4 is 39.9 Å². The third-order valence-electron chi connectivity index (χ3n) is 5.19. The van der Waals surface area contributed by atoms with Gasteiger partial charge in [0.2, 0.25) is 5.91 Å². The summed E-state index contributed by atoms with van der Waals surface area (Å²) in [5.74, 6) is 0.169. The number of aromatic nitrogens is 2. The highest BCUT2D eigenvalue weighted by Gasteiger charge is 2.19. The molecule has 6 nitrogen and oxygen atoms in total. The van der Waals surface area contributed by atoms with Crippen molar-refractivity contribution in [2.45, 2.75) is 30.3 Å². The Morgan fingerprint density at radius 3 is 2.59 bits per heavy atom. The predicted molar refractivity (Wildman–Crippen MR) is 131 cm³/mol. The number of carbonyl (C=O) groups excluding carboxylic acids is 1. The van der Waals surface area contributed by atoms with Crippen molar-refractivity contribution in [2.75, 3.05) is 11.1 Å². The number of rotatable bonds is 7. The second kappa shape index (κ2) is 9.70. The molecule has 4 aromatic rings. The van der Waals surface area contributed by atoms with Crippen LogP contribution in [0.1, 0.15) is 12.5 Å². The molecule has 0 radical (unpaired) electrons. The molecule has 1 heterocycles. The smallest absolute Gasteiger partial charge is 0.275 e. The van der Waals surface area contributed by atoms with E-state index >= 15 is 0 Å². The van der Waals surface area contributed by atoms with Crippen molar-refractivity contribution in [3.05, 3.63) is 94.8 Å². The average Bonchev–Trinajstić information content (AvgIpc) is 2.79. The van der Waals surface area contributed by atoms with E-state index < -0.39 is 10.8 Å². The highest BCUT2D eigenvalue weighted by molar-refractivity contribution is 8.00. The van der Waals surface area contributed by atoms with Crippen molar-refractivity contribution in [1.82, 2.24) is 9.55 Å². The molecule has 0 fully saturated rings. The first kappa shape index (κ1) is 21.6. The first-order valence-electron chi connectivity index (χ1n) is 10.4. The number of hydrogen-bond acceptors (Lipinski definition) is 5. The maximum atomic E-state index is 12.9.